The fourth-order valence-corrected chi connectivity index (χ4v) is 3.94. The van der Waals surface area contributed by atoms with Crippen LogP contribution in [0.1, 0.15) is 84.0 Å². The van der Waals surface area contributed by atoms with Gasteiger partial charge in [-0.2, -0.15) is 0 Å². The topological polar surface area (TPSA) is 21.3 Å². The molecule has 1 aliphatic heterocycles. The second-order valence-electron chi connectivity index (χ2n) is 6.96. The summed E-state index contributed by atoms with van der Waals surface area (Å²) in [6.45, 7) is 4.47. The number of nitrogens with one attached hydrogen (secondary N) is 1. The van der Waals surface area contributed by atoms with E-state index in [2.05, 4.69) is 12.2 Å². The summed E-state index contributed by atoms with van der Waals surface area (Å²) in [6.07, 6.45) is 17.2. The van der Waals surface area contributed by atoms with E-state index in [-0.39, 0.29) is 0 Å². The van der Waals surface area contributed by atoms with E-state index in [1.807, 2.05) is 0 Å². The highest BCUT2D eigenvalue weighted by Crippen LogP contribution is 2.28. The molecule has 2 unspecified atom stereocenters. The first-order chi connectivity index (χ1) is 9.88. The van der Waals surface area contributed by atoms with Crippen LogP contribution in [-0.4, -0.2) is 25.3 Å². The Kier molecular flexibility index (Phi) is 7.97. The average molecular weight is 281 g/mol. The van der Waals surface area contributed by atoms with Gasteiger partial charge in [-0.3, -0.25) is 0 Å². The minimum Gasteiger partial charge on any atom is -0.378 e. The second kappa shape index (κ2) is 9.78. The highest BCUT2D eigenvalue weighted by molar-refractivity contribution is 4.76. The molecular formula is C18H35NO. The third-order valence-electron chi connectivity index (χ3n) is 5.13. The molecule has 0 bridgehead atoms. The molecule has 0 aromatic rings. The fourth-order valence-electron chi connectivity index (χ4n) is 3.94. The minimum atomic E-state index is 0.580. The zero-order valence-corrected chi connectivity index (χ0v) is 13.5. The Morgan fingerprint density at radius 3 is 2.65 bits per heavy atom. The first-order valence-corrected chi connectivity index (χ1v) is 9.23. The lowest BCUT2D eigenvalue weighted by Crippen LogP contribution is -2.32. The number of hydrogen-bond donors (Lipinski definition) is 1. The van der Waals surface area contributed by atoms with Crippen molar-refractivity contribution in [1.29, 1.82) is 0 Å². The lowest BCUT2D eigenvalue weighted by Gasteiger charge is -2.27. The van der Waals surface area contributed by atoms with E-state index in [9.17, 15) is 0 Å². The van der Waals surface area contributed by atoms with Crippen LogP contribution < -0.4 is 5.32 Å². The molecule has 2 aliphatic rings. The summed E-state index contributed by atoms with van der Waals surface area (Å²) in [6, 6.07) is 0.763. The predicted molar refractivity (Wildman–Crippen MR) is 86.1 cm³/mol. The van der Waals surface area contributed by atoms with Crippen molar-refractivity contribution in [3.63, 3.8) is 0 Å². The van der Waals surface area contributed by atoms with E-state index in [1.165, 1.54) is 83.6 Å². The van der Waals surface area contributed by atoms with Crippen LogP contribution in [0.2, 0.25) is 0 Å². The van der Waals surface area contributed by atoms with Crippen molar-refractivity contribution in [3.05, 3.63) is 0 Å². The van der Waals surface area contributed by atoms with Crippen LogP contribution in [0.3, 0.4) is 0 Å². The normalized spacial score (nSPS) is 25.9. The third-order valence-corrected chi connectivity index (χ3v) is 5.13. The van der Waals surface area contributed by atoms with Gasteiger partial charge < -0.3 is 10.1 Å². The van der Waals surface area contributed by atoms with E-state index in [0.717, 1.165) is 18.6 Å². The van der Waals surface area contributed by atoms with Gasteiger partial charge in [-0.1, -0.05) is 39.0 Å². The van der Waals surface area contributed by atoms with Gasteiger partial charge in [0.15, 0.2) is 0 Å². The largest absolute Gasteiger partial charge is 0.378 e. The number of rotatable bonds is 9. The molecule has 0 aromatic heterocycles. The van der Waals surface area contributed by atoms with Crippen LogP contribution in [-0.2, 0) is 4.74 Å². The SMILES string of the molecule is CCCNC(CCCC1CCCO1)CC1CCCCC1. The molecule has 1 N–H and O–H groups in total. The maximum atomic E-state index is 5.75. The van der Waals surface area contributed by atoms with E-state index in [0.29, 0.717) is 6.10 Å². The molecule has 2 atom stereocenters. The van der Waals surface area contributed by atoms with E-state index < -0.39 is 0 Å². The Morgan fingerprint density at radius 2 is 1.95 bits per heavy atom. The zero-order valence-electron chi connectivity index (χ0n) is 13.5. The van der Waals surface area contributed by atoms with Gasteiger partial charge in [0.1, 0.15) is 0 Å². The van der Waals surface area contributed by atoms with Gasteiger partial charge in [0, 0.05) is 12.6 Å². The number of hydrogen-bond acceptors (Lipinski definition) is 2. The zero-order chi connectivity index (χ0) is 14.0. The van der Waals surface area contributed by atoms with E-state index in [1.54, 1.807) is 0 Å². The molecule has 1 heterocycles. The molecule has 0 radical (unpaired) electrons. The van der Waals surface area contributed by atoms with Crippen LogP contribution in [0.25, 0.3) is 0 Å². The molecule has 1 saturated heterocycles. The summed E-state index contributed by atoms with van der Waals surface area (Å²) < 4.78 is 5.75. The highest BCUT2D eigenvalue weighted by Gasteiger charge is 2.20. The van der Waals surface area contributed by atoms with Crippen molar-refractivity contribution in [2.45, 2.75) is 96.1 Å². The highest BCUT2D eigenvalue weighted by atomic mass is 16.5. The molecule has 20 heavy (non-hydrogen) atoms. The summed E-state index contributed by atoms with van der Waals surface area (Å²) in [5.74, 6) is 1.00. The van der Waals surface area contributed by atoms with Crippen LogP contribution >= 0.6 is 0 Å². The third kappa shape index (κ3) is 6.13. The number of ether oxygens (including phenoxy) is 1. The van der Waals surface area contributed by atoms with E-state index >= 15 is 0 Å². The lowest BCUT2D eigenvalue weighted by atomic mass is 9.83. The molecule has 2 heteroatoms. The first-order valence-electron chi connectivity index (χ1n) is 9.23. The second-order valence-corrected chi connectivity index (χ2v) is 6.96. The van der Waals surface area contributed by atoms with Crippen molar-refractivity contribution in [1.82, 2.24) is 5.32 Å². The molecule has 2 nitrogen and oxygen atoms in total. The van der Waals surface area contributed by atoms with Crippen LogP contribution in [0.5, 0.6) is 0 Å². The molecule has 2 fully saturated rings. The fraction of sp³-hybridized carbons (Fsp3) is 1.00. The smallest absolute Gasteiger partial charge is 0.0576 e. The molecule has 118 valence electrons. The van der Waals surface area contributed by atoms with Gasteiger partial charge in [-0.15, -0.1) is 0 Å². The molecule has 1 aliphatic carbocycles. The van der Waals surface area contributed by atoms with Crippen molar-refractivity contribution in [2.24, 2.45) is 5.92 Å². The summed E-state index contributed by atoms with van der Waals surface area (Å²) in [5, 5.41) is 3.80. The van der Waals surface area contributed by atoms with Crippen molar-refractivity contribution in [3.8, 4) is 0 Å². The Hall–Kier alpha value is -0.0800. The van der Waals surface area contributed by atoms with Gasteiger partial charge in [-0.05, 0) is 57.4 Å². The summed E-state index contributed by atoms with van der Waals surface area (Å²) >= 11 is 0. The molecule has 0 aromatic carbocycles. The van der Waals surface area contributed by atoms with Gasteiger partial charge in [-0.25, -0.2) is 0 Å². The predicted octanol–water partition coefficient (Wildman–Crippen LogP) is 4.67. The van der Waals surface area contributed by atoms with E-state index in [4.69, 9.17) is 4.74 Å². The molecule has 0 spiro atoms. The molecule has 0 amide bonds. The molecular weight excluding hydrogens is 246 g/mol. The van der Waals surface area contributed by atoms with Gasteiger partial charge in [0.25, 0.3) is 0 Å². The monoisotopic (exact) mass is 281 g/mol. The lowest BCUT2D eigenvalue weighted by molar-refractivity contribution is 0.101. The minimum absolute atomic E-state index is 0.580. The summed E-state index contributed by atoms with van der Waals surface area (Å²) in [4.78, 5) is 0. The van der Waals surface area contributed by atoms with Crippen molar-refractivity contribution < 1.29 is 4.74 Å². The van der Waals surface area contributed by atoms with Crippen LogP contribution in [0.15, 0.2) is 0 Å². The Bertz CT molecular complexity index is 232. The quantitative estimate of drug-likeness (QED) is 0.663. The maximum absolute atomic E-state index is 5.75. The molecule has 2 rings (SSSR count). The van der Waals surface area contributed by atoms with Gasteiger partial charge in [0.2, 0.25) is 0 Å². The maximum Gasteiger partial charge on any atom is 0.0576 e. The summed E-state index contributed by atoms with van der Waals surface area (Å²) in [5.41, 5.74) is 0. The Morgan fingerprint density at radius 1 is 1.10 bits per heavy atom. The van der Waals surface area contributed by atoms with Crippen molar-refractivity contribution >= 4 is 0 Å². The van der Waals surface area contributed by atoms with Crippen LogP contribution in [0, 0.1) is 5.92 Å². The van der Waals surface area contributed by atoms with Gasteiger partial charge >= 0.3 is 0 Å². The average Bonchev–Trinajstić information content (AvgIpc) is 2.99. The van der Waals surface area contributed by atoms with Gasteiger partial charge in [0.05, 0.1) is 6.10 Å². The summed E-state index contributed by atoms with van der Waals surface area (Å²) in [7, 11) is 0. The van der Waals surface area contributed by atoms with Crippen molar-refractivity contribution in [2.75, 3.05) is 13.2 Å². The Labute approximate surface area is 126 Å². The standard InChI is InChI=1S/C18H35NO/c1-2-13-19-17(15-16-8-4-3-5-9-16)10-6-11-18-12-7-14-20-18/h16-19H,2-15H2,1H3. The Balaban J connectivity index is 1.64. The first kappa shape index (κ1) is 16.3. The molecule has 1 saturated carbocycles. The van der Waals surface area contributed by atoms with Crippen LogP contribution in [0.4, 0.5) is 0 Å².